The first-order chi connectivity index (χ1) is 5.73. The van der Waals surface area contributed by atoms with Crippen molar-refractivity contribution in [2.75, 3.05) is 0 Å². The molecule has 1 aromatic rings. The summed E-state index contributed by atoms with van der Waals surface area (Å²) in [6.07, 6.45) is -4.33. The smallest absolute Gasteiger partial charge is 0.420 e. The maximum absolute atomic E-state index is 12.0. The molecule has 0 bridgehead atoms. The zero-order chi connectivity index (χ0) is 10.3. The van der Waals surface area contributed by atoms with Crippen LogP contribution >= 0.6 is 0 Å². The summed E-state index contributed by atoms with van der Waals surface area (Å²) in [6.45, 7) is 0. The molecule has 1 rings (SSSR count). The molecule has 0 fully saturated rings. The van der Waals surface area contributed by atoms with E-state index in [0.717, 1.165) is 0 Å². The molecule has 8 heteroatoms. The second-order valence-corrected chi connectivity index (χ2v) is 3.42. The lowest BCUT2D eigenvalue weighted by Crippen LogP contribution is -2.09. The van der Waals surface area contributed by atoms with E-state index < -0.39 is 27.0 Å². The van der Waals surface area contributed by atoms with Gasteiger partial charge in [0.1, 0.15) is 5.56 Å². The standard InChI is InChI=1S/C5H3F3O4S/c6-5(7,8)3-1-2-12-4(3)13(9,10)11/h1-2H,(H,9,10,11). The fraction of sp³-hybridized carbons (Fsp3) is 0.200. The number of alkyl halides is 3. The van der Waals surface area contributed by atoms with E-state index in [0.29, 0.717) is 12.3 Å². The fourth-order valence-corrected chi connectivity index (χ4v) is 1.34. The fourth-order valence-electron chi connectivity index (χ4n) is 0.705. The van der Waals surface area contributed by atoms with Gasteiger partial charge < -0.3 is 4.42 Å². The van der Waals surface area contributed by atoms with E-state index in [9.17, 15) is 21.6 Å². The molecule has 0 spiro atoms. The highest BCUT2D eigenvalue weighted by Crippen LogP contribution is 2.34. The Hall–Kier alpha value is -1.02. The molecule has 0 aliphatic heterocycles. The topological polar surface area (TPSA) is 67.5 Å². The monoisotopic (exact) mass is 216 g/mol. The van der Waals surface area contributed by atoms with Crippen LogP contribution in [0.15, 0.2) is 21.8 Å². The molecule has 13 heavy (non-hydrogen) atoms. The second kappa shape index (κ2) is 2.74. The molecule has 1 heterocycles. The van der Waals surface area contributed by atoms with Crippen LogP contribution in [0.25, 0.3) is 0 Å². The zero-order valence-corrected chi connectivity index (χ0v) is 6.69. The highest BCUT2D eigenvalue weighted by Gasteiger charge is 2.39. The Morgan fingerprint density at radius 2 is 1.92 bits per heavy atom. The summed E-state index contributed by atoms with van der Waals surface area (Å²) in [7, 11) is -4.96. The minimum absolute atomic E-state index is 0.420. The van der Waals surface area contributed by atoms with Gasteiger partial charge in [-0.15, -0.1) is 0 Å². The van der Waals surface area contributed by atoms with Crippen LogP contribution < -0.4 is 0 Å². The Morgan fingerprint density at radius 3 is 2.23 bits per heavy atom. The van der Waals surface area contributed by atoms with Crippen molar-refractivity contribution in [2.24, 2.45) is 0 Å². The van der Waals surface area contributed by atoms with E-state index in [-0.39, 0.29) is 0 Å². The van der Waals surface area contributed by atoms with Gasteiger partial charge >= 0.3 is 16.3 Å². The van der Waals surface area contributed by atoms with Crippen LogP contribution in [-0.2, 0) is 16.3 Å². The number of halogens is 3. The number of rotatable bonds is 1. The second-order valence-electron chi connectivity index (χ2n) is 2.09. The van der Waals surface area contributed by atoms with Crippen LogP contribution in [0.2, 0.25) is 0 Å². The molecule has 0 saturated carbocycles. The number of hydrogen-bond donors (Lipinski definition) is 1. The summed E-state index contributed by atoms with van der Waals surface area (Å²) >= 11 is 0. The molecule has 0 radical (unpaired) electrons. The Morgan fingerprint density at radius 1 is 1.38 bits per heavy atom. The Bertz CT molecular complexity index is 402. The van der Waals surface area contributed by atoms with Crippen molar-refractivity contribution in [1.29, 1.82) is 0 Å². The number of furan rings is 1. The van der Waals surface area contributed by atoms with Gasteiger partial charge in [-0.25, -0.2) is 0 Å². The zero-order valence-electron chi connectivity index (χ0n) is 5.87. The van der Waals surface area contributed by atoms with Crippen LogP contribution in [-0.4, -0.2) is 13.0 Å². The molecular formula is C5H3F3O4S. The van der Waals surface area contributed by atoms with Crippen molar-refractivity contribution >= 4 is 10.1 Å². The summed E-state index contributed by atoms with van der Waals surface area (Å²) < 4.78 is 68.9. The lowest BCUT2D eigenvalue weighted by Gasteiger charge is -2.03. The summed E-state index contributed by atoms with van der Waals surface area (Å²) in [5, 5.41) is -1.49. The Balaban J connectivity index is 3.35. The summed E-state index contributed by atoms with van der Waals surface area (Å²) in [5.41, 5.74) is -1.52. The third kappa shape index (κ3) is 2.01. The summed E-state index contributed by atoms with van der Waals surface area (Å²) in [5.74, 6) is 0. The third-order valence-electron chi connectivity index (χ3n) is 1.17. The molecule has 0 atom stereocenters. The molecule has 0 unspecified atom stereocenters. The van der Waals surface area contributed by atoms with E-state index in [2.05, 4.69) is 4.42 Å². The lowest BCUT2D eigenvalue weighted by molar-refractivity contribution is -0.141. The first-order valence-corrected chi connectivity index (χ1v) is 4.29. The molecule has 0 saturated heterocycles. The predicted octanol–water partition coefficient (Wildman–Crippen LogP) is 1.55. The van der Waals surface area contributed by atoms with Crippen LogP contribution in [0, 0.1) is 0 Å². The number of hydrogen-bond acceptors (Lipinski definition) is 3. The Labute approximate surface area is 70.7 Å². The van der Waals surface area contributed by atoms with Gasteiger partial charge in [-0.3, -0.25) is 4.55 Å². The van der Waals surface area contributed by atoms with Crippen molar-refractivity contribution in [1.82, 2.24) is 0 Å². The molecule has 4 nitrogen and oxygen atoms in total. The largest absolute Gasteiger partial charge is 0.450 e. The minimum Gasteiger partial charge on any atom is -0.450 e. The minimum atomic E-state index is -4.96. The van der Waals surface area contributed by atoms with Crippen molar-refractivity contribution in [3.8, 4) is 0 Å². The van der Waals surface area contributed by atoms with Crippen LogP contribution in [0.3, 0.4) is 0 Å². The van der Waals surface area contributed by atoms with Gasteiger partial charge in [0.2, 0.25) is 0 Å². The summed E-state index contributed by atoms with van der Waals surface area (Å²) in [4.78, 5) is 0. The normalized spacial score (nSPS) is 13.2. The van der Waals surface area contributed by atoms with E-state index in [1.54, 1.807) is 0 Å². The average Bonchev–Trinajstić information content (AvgIpc) is 2.27. The molecule has 0 aliphatic rings. The highest BCUT2D eigenvalue weighted by atomic mass is 32.2. The van der Waals surface area contributed by atoms with Crippen molar-refractivity contribution < 1.29 is 30.6 Å². The van der Waals surface area contributed by atoms with E-state index >= 15 is 0 Å². The van der Waals surface area contributed by atoms with E-state index in [4.69, 9.17) is 4.55 Å². The van der Waals surface area contributed by atoms with Crippen LogP contribution in [0.5, 0.6) is 0 Å². The van der Waals surface area contributed by atoms with Crippen molar-refractivity contribution in [3.63, 3.8) is 0 Å². The van der Waals surface area contributed by atoms with Gasteiger partial charge in [-0.05, 0) is 6.07 Å². The van der Waals surface area contributed by atoms with Gasteiger partial charge in [-0.2, -0.15) is 21.6 Å². The third-order valence-corrected chi connectivity index (χ3v) is 1.95. The highest BCUT2D eigenvalue weighted by molar-refractivity contribution is 7.85. The maximum Gasteiger partial charge on any atom is 0.420 e. The van der Waals surface area contributed by atoms with Gasteiger partial charge in [-0.1, -0.05) is 0 Å². The first kappa shape index (κ1) is 10.1. The SMILES string of the molecule is O=S(=O)(O)c1occc1C(F)(F)F. The van der Waals surface area contributed by atoms with Crippen LogP contribution in [0.1, 0.15) is 5.56 Å². The molecule has 1 aromatic heterocycles. The molecule has 0 aromatic carbocycles. The van der Waals surface area contributed by atoms with Gasteiger partial charge in [0.15, 0.2) is 0 Å². The lowest BCUT2D eigenvalue weighted by atomic mass is 10.3. The van der Waals surface area contributed by atoms with Crippen molar-refractivity contribution in [2.45, 2.75) is 11.3 Å². The molecule has 0 amide bonds. The van der Waals surface area contributed by atoms with E-state index in [1.807, 2.05) is 0 Å². The molecule has 1 N–H and O–H groups in total. The molecule has 74 valence electrons. The Kier molecular flexibility index (Phi) is 2.12. The van der Waals surface area contributed by atoms with Gasteiger partial charge in [0.05, 0.1) is 6.26 Å². The van der Waals surface area contributed by atoms with Crippen molar-refractivity contribution in [3.05, 3.63) is 17.9 Å². The van der Waals surface area contributed by atoms with Crippen LogP contribution in [0.4, 0.5) is 13.2 Å². The molecule has 0 aliphatic carbocycles. The van der Waals surface area contributed by atoms with Gasteiger partial charge in [0, 0.05) is 0 Å². The van der Waals surface area contributed by atoms with E-state index in [1.165, 1.54) is 0 Å². The maximum atomic E-state index is 12.0. The predicted molar refractivity (Wildman–Crippen MR) is 33.5 cm³/mol. The quantitative estimate of drug-likeness (QED) is 0.723. The summed E-state index contributed by atoms with van der Waals surface area (Å²) in [6, 6.07) is 0.420. The van der Waals surface area contributed by atoms with Gasteiger partial charge in [0.25, 0.3) is 5.09 Å². The first-order valence-electron chi connectivity index (χ1n) is 2.85. The average molecular weight is 216 g/mol. The molecular weight excluding hydrogens is 213 g/mol.